The summed E-state index contributed by atoms with van der Waals surface area (Å²) in [5.41, 5.74) is 3.98. The first-order valence-corrected chi connectivity index (χ1v) is 13.8. The Morgan fingerprint density at radius 1 is 1.08 bits per heavy atom. The first-order valence-electron chi connectivity index (χ1n) is 12.2. The van der Waals surface area contributed by atoms with Gasteiger partial charge in [0.1, 0.15) is 5.75 Å². The smallest absolute Gasteiger partial charge is 0.251 e. The Balaban J connectivity index is 1.21. The number of benzene rings is 2. The van der Waals surface area contributed by atoms with Crippen LogP contribution >= 0.6 is 0 Å². The average Bonchev–Trinajstić information content (AvgIpc) is 3.75. The van der Waals surface area contributed by atoms with Crippen molar-refractivity contribution in [3.63, 3.8) is 0 Å². The van der Waals surface area contributed by atoms with E-state index in [1.165, 1.54) is 6.07 Å². The number of nitrogens with zero attached hydrogens (tertiary/aromatic N) is 2. The Hall–Kier alpha value is -3.82. The van der Waals surface area contributed by atoms with Gasteiger partial charge in [0.2, 0.25) is 0 Å². The zero-order valence-electron chi connectivity index (χ0n) is 20.0. The van der Waals surface area contributed by atoms with Gasteiger partial charge in [-0.25, -0.2) is 13.4 Å². The second-order valence-electron chi connectivity index (χ2n) is 9.25. The molecule has 1 aliphatic heterocycles. The molecule has 0 spiro atoms. The van der Waals surface area contributed by atoms with E-state index in [0.29, 0.717) is 11.3 Å². The predicted octanol–water partition coefficient (Wildman–Crippen LogP) is 4.07. The Kier molecular flexibility index (Phi) is 6.10. The van der Waals surface area contributed by atoms with Crippen LogP contribution < -0.4 is 10.1 Å². The van der Waals surface area contributed by atoms with Crippen molar-refractivity contribution in [1.82, 2.24) is 15.3 Å². The van der Waals surface area contributed by atoms with Gasteiger partial charge >= 0.3 is 0 Å². The normalized spacial score (nSPS) is 16.5. The van der Waals surface area contributed by atoms with Crippen LogP contribution in [0.2, 0.25) is 0 Å². The van der Waals surface area contributed by atoms with Crippen molar-refractivity contribution in [2.75, 3.05) is 12.4 Å². The second-order valence-corrected chi connectivity index (χ2v) is 11.3. The summed E-state index contributed by atoms with van der Waals surface area (Å²) in [5, 5.41) is 3.73. The van der Waals surface area contributed by atoms with Gasteiger partial charge in [0.15, 0.2) is 9.84 Å². The molecule has 37 heavy (non-hydrogen) atoms. The molecular formula is C28H25N3O5S. The van der Waals surface area contributed by atoms with Crippen molar-refractivity contribution < 1.29 is 22.7 Å². The van der Waals surface area contributed by atoms with E-state index in [-0.39, 0.29) is 48.0 Å². The van der Waals surface area contributed by atoms with Crippen LogP contribution in [0.15, 0.2) is 71.8 Å². The summed E-state index contributed by atoms with van der Waals surface area (Å²) in [7, 11) is -3.49. The molecule has 2 aromatic heterocycles. The molecule has 8 nitrogen and oxygen atoms in total. The minimum atomic E-state index is -3.49. The highest BCUT2D eigenvalue weighted by Crippen LogP contribution is 2.34. The van der Waals surface area contributed by atoms with Gasteiger partial charge in [-0.05, 0) is 60.9 Å². The quantitative estimate of drug-likeness (QED) is 0.412. The maximum atomic E-state index is 12.8. The van der Waals surface area contributed by atoms with Crippen molar-refractivity contribution in [2.45, 2.75) is 37.0 Å². The summed E-state index contributed by atoms with van der Waals surface area (Å²) in [4.78, 5) is 22.3. The third-order valence-corrected chi connectivity index (χ3v) is 8.21. The number of sulfone groups is 1. The molecule has 188 valence electrons. The number of aromatic nitrogens is 2. The summed E-state index contributed by atoms with van der Waals surface area (Å²) in [5.74, 6) is 0.351. The Labute approximate surface area is 214 Å². The van der Waals surface area contributed by atoms with Crippen LogP contribution in [0, 0.1) is 0 Å². The highest BCUT2D eigenvalue weighted by atomic mass is 32.2. The van der Waals surface area contributed by atoms with Gasteiger partial charge in [-0.2, -0.15) is 0 Å². The van der Waals surface area contributed by atoms with Gasteiger partial charge in [0.05, 0.1) is 53.4 Å². The largest absolute Gasteiger partial charge is 0.490 e. The van der Waals surface area contributed by atoms with Crippen LogP contribution in [0.3, 0.4) is 0 Å². The molecule has 1 fully saturated rings. The van der Waals surface area contributed by atoms with Gasteiger partial charge in [-0.1, -0.05) is 18.2 Å². The van der Waals surface area contributed by atoms with E-state index >= 15 is 0 Å². The second kappa shape index (κ2) is 9.57. The third kappa shape index (κ3) is 5.05. The van der Waals surface area contributed by atoms with Gasteiger partial charge in [0, 0.05) is 22.7 Å². The van der Waals surface area contributed by atoms with Gasteiger partial charge in [-0.15, -0.1) is 0 Å². The van der Waals surface area contributed by atoms with E-state index in [1.54, 1.807) is 18.3 Å². The lowest BCUT2D eigenvalue weighted by Crippen LogP contribution is -2.23. The fourth-order valence-electron chi connectivity index (χ4n) is 4.29. The Morgan fingerprint density at radius 3 is 2.81 bits per heavy atom. The summed E-state index contributed by atoms with van der Waals surface area (Å²) < 4.78 is 36.5. The summed E-state index contributed by atoms with van der Waals surface area (Å²) >= 11 is 0. The number of rotatable bonds is 6. The first-order chi connectivity index (χ1) is 18.0. The van der Waals surface area contributed by atoms with E-state index < -0.39 is 9.84 Å². The highest BCUT2D eigenvalue weighted by molar-refractivity contribution is 7.91. The van der Waals surface area contributed by atoms with Crippen LogP contribution in [0.5, 0.6) is 5.75 Å². The molecule has 1 amide bonds. The first kappa shape index (κ1) is 23.6. The SMILES string of the molecule is O=C(NCc1cc2nc(-c3ccccc3OC3CC3)ccc2cn1)c1ccc2c(c1)S(=O)(=O)CCOC2. The van der Waals surface area contributed by atoms with E-state index in [9.17, 15) is 13.2 Å². The zero-order chi connectivity index (χ0) is 25.4. The molecule has 4 aromatic rings. The van der Waals surface area contributed by atoms with Gasteiger partial charge in [-0.3, -0.25) is 9.78 Å². The third-order valence-electron chi connectivity index (χ3n) is 6.46. The molecule has 0 bridgehead atoms. The number of pyridine rings is 2. The maximum Gasteiger partial charge on any atom is 0.251 e. The molecule has 2 aliphatic rings. The van der Waals surface area contributed by atoms with E-state index in [1.807, 2.05) is 42.5 Å². The average molecular weight is 516 g/mol. The Morgan fingerprint density at radius 2 is 1.95 bits per heavy atom. The molecule has 0 saturated heterocycles. The Bertz CT molecular complexity index is 1620. The van der Waals surface area contributed by atoms with E-state index in [4.69, 9.17) is 14.5 Å². The molecule has 1 saturated carbocycles. The van der Waals surface area contributed by atoms with Gasteiger partial charge in [0.25, 0.3) is 5.91 Å². The van der Waals surface area contributed by atoms with E-state index in [2.05, 4.69) is 10.3 Å². The molecule has 3 heterocycles. The lowest BCUT2D eigenvalue weighted by molar-refractivity contribution is 0.0950. The van der Waals surface area contributed by atoms with Crippen LogP contribution in [0.4, 0.5) is 0 Å². The van der Waals surface area contributed by atoms with Crippen LogP contribution in [0.25, 0.3) is 22.2 Å². The molecular weight excluding hydrogens is 490 g/mol. The minimum Gasteiger partial charge on any atom is -0.490 e. The van der Waals surface area contributed by atoms with Crippen molar-refractivity contribution in [3.05, 3.63) is 83.7 Å². The number of nitrogens with one attached hydrogen (secondary N) is 1. The fraction of sp³-hybridized carbons (Fsp3) is 0.250. The number of hydrogen-bond acceptors (Lipinski definition) is 7. The molecule has 1 N–H and O–H groups in total. The van der Waals surface area contributed by atoms with Gasteiger partial charge < -0.3 is 14.8 Å². The topological polar surface area (TPSA) is 107 Å². The maximum absolute atomic E-state index is 12.8. The molecule has 2 aromatic carbocycles. The summed E-state index contributed by atoms with van der Waals surface area (Å²) in [6, 6.07) is 18.3. The number of amides is 1. The minimum absolute atomic E-state index is 0.0990. The number of carbonyl (C=O) groups is 1. The zero-order valence-corrected chi connectivity index (χ0v) is 20.8. The lowest BCUT2D eigenvalue weighted by Gasteiger charge is -2.11. The van der Waals surface area contributed by atoms with Crippen LogP contribution in [-0.2, 0) is 27.7 Å². The number of ether oxygens (including phenoxy) is 2. The number of para-hydroxylation sites is 1. The highest BCUT2D eigenvalue weighted by Gasteiger charge is 2.25. The summed E-state index contributed by atoms with van der Waals surface area (Å²) in [6.07, 6.45) is 4.18. The van der Waals surface area contributed by atoms with E-state index in [0.717, 1.165) is 40.8 Å². The lowest BCUT2D eigenvalue weighted by atomic mass is 10.1. The molecule has 0 radical (unpaired) electrons. The van der Waals surface area contributed by atoms with Crippen molar-refractivity contribution in [3.8, 4) is 17.0 Å². The van der Waals surface area contributed by atoms with Crippen LogP contribution in [-0.4, -0.2) is 42.8 Å². The number of hydrogen-bond donors (Lipinski definition) is 1. The molecule has 1 aliphatic carbocycles. The van der Waals surface area contributed by atoms with Crippen molar-refractivity contribution in [1.29, 1.82) is 0 Å². The molecule has 6 rings (SSSR count). The number of fused-ring (bicyclic) bond motifs is 2. The van der Waals surface area contributed by atoms with Crippen molar-refractivity contribution in [2.24, 2.45) is 0 Å². The molecule has 0 atom stereocenters. The molecule has 9 heteroatoms. The van der Waals surface area contributed by atoms with Crippen LogP contribution in [0.1, 0.15) is 34.5 Å². The standard InChI is InChI=1S/C28H25N3O5S/c32-28(18-5-6-20-17-35-11-12-37(33,34)27(20)13-18)30-16-21-14-25-19(15-29-21)7-10-24(31-25)23-3-1-2-4-26(23)36-22-8-9-22/h1-7,10,13-15,22H,8-9,11-12,16-17H2,(H,30,32). The molecule has 0 unspecified atom stereocenters. The fourth-order valence-corrected chi connectivity index (χ4v) is 5.68. The van der Waals surface area contributed by atoms with Crippen molar-refractivity contribution >= 4 is 26.6 Å². The number of carbonyl (C=O) groups excluding carboxylic acids is 1. The monoisotopic (exact) mass is 515 g/mol. The summed E-state index contributed by atoms with van der Waals surface area (Å²) in [6.45, 7) is 0.527. The predicted molar refractivity (Wildman–Crippen MR) is 138 cm³/mol.